The van der Waals surface area contributed by atoms with Gasteiger partial charge in [0.1, 0.15) is 35.2 Å². The summed E-state index contributed by atoms with van der Waals surface area (Å²) >= 11 is 0. The van der Waals surface area contributed by atoms with Crippen LogP contribution < -0.4 is 30.7 Å². The molecule has 4 heterocycles. The summed E-state index contributed by atoms with van der Waals surface area (Å²) < 4.78 is 71.0. The monoisotopic (exact) mass is 973 g/mol. The fourth-order valence-corrected chi connectivity index (χ4v) is 10.2. The first-order valence-electron chi connectivity index (χ1n) is 25.0. The Morgan fingerprint density at radius 2 is 1.01 bits per heavy atom. The minimum absolute atomic E-state index is 0.0315. The van der Waals surface area contributed by atoms with E-state index in [0.29, 0.717) is 58.0 Å². The lowest BCUT2D eigenvalue weighted by Crippen LogP contribution is -2.53. The maximum absolute atomic E-state index is 15.2. The molecule has 378 valence electrons. The quantitative estimate of drug-likeness (QED) is 0.0447. The van der Waals surface area contributed by atoms with E-state index in [1.54, 1.807) is 64.1 Å². The van der Waals surface area contributed by atoms with Gasteiger partial charge in [0, 0.05) is 85.5 Å². The van der Waals surface area contributed by atoms with Gasteiger partial charge >= 0.3 is 0 Å². The Morgan fingerprint density at radius 3 is 1.34 bits per heavy atom. The van der Waals surface area contributed by atoms with Gasteiger partial charge in [-0.1, -0.05) is 52.0 Å². The van der Waals surface area contributed by atoms with Gasteiger partial charge in [-0.2, -0.15) is 0 Å². The summed E-state index contributed by atoms with van der Waals surface area (Å²) in [5.74, 6) is -1.52. The molecule has 2 saturated carbocycles. The second kappa shape index (κ2) is 22.1. The van der Waals surface area contributed by atoms with E-state index in [-0.39, 0.29) is 62.7 Å². The number of aliphatic hydroxyl groups is 2. The minimum atomic E-state index is -1.22. The lowest BCUT2D eigenvalue weighted by molar-refractivity contribution is -0.128. The minimum Gasteiger partial charge on any atom is -0.471 e. The molecule has 0 radical (unpaired) electrons. The van der Waals surface area contributed by atoms with Crippen LogP contribution in [0.4, 0.5) is 17.6 Å². The number of ether oxygens (including phenoxy) is 2. The van der Waals surface area contributed by atoms with Crippen molar-refractivity contribution in [3.8, 4) is 11.8 Å². The van der Waals surface area contributed by atoms with Crippen LogP contribution in [0.3, 0.4) is 0 Å². The number of pyridine rings is 2. The summed E-state index contributed by atoms with van der Waals surface area (Å²) in [7, 11) is 0. The molecule has 2 aliphatic heterocycles. The third-order valence-corrected chi connectivity index (χ3v) is 14.8. The van der Waals surface area contributed by atoms with Crippen molar-refractivity contribution in [2.45, 2.75) is 165 Å². The van der Waals surface area contributed by atoms with Crippen molar-refractivity contribution in [2.75, 3.05) is 13.1 Å². The summed E-state index contributed by atoms with van der Waals surface area (Å²) in [6, 6.07) is 12.8. The predicted molar refractivity (Wildman–Crippen MR) is 256 cm³/mol. The maximum Gasteiger partial charge on any atom is 0.220 e. The predicted octanol–water partition coefficient (Wildman–Crippen LogP) is 8.42. The van der Waals surface area contributed by atoms with Gasteiger partial charge in [0.05, 0.1) is 24.3 Å². The number of rotatable bonds is 21. The second-order valence-electron chi connectivity index (χ2n) is 20.9. The van der Waals surface area contributed by atoms with E-state index in [4.69, 9.17) is 9.47 Å². The molecule has 4 aromatic rings. The number of hydrogen-bond acceptors (Lipinski definition) is 10. The number of amides is 2. The molecule has 12 nitrogen and oxygen atoms in total. The van der Waals surface area contributed by atoms with E-state index in [0.717, 1.165) is 38.5 Å². The average Bonchev–Trinajstić information content (AvgIpc) is 3.32. The molecule has 2 spiro atoms. The van der Waals surface area contributed by atoms with Gasteiger partial charge in [0.15, 0.2) is 0 Å². The molecule has 0 bridgehead atoms. The van der Waals surface area contributed by atoms with Crippen molar-refractivity contribution < 1.29 is 46.8 Å². The van der Waals surface area contributed by atoms with Gasteiger partial charge < -0.3 is 41.0 Å². The Balaban J connectivity index is 0.923. The van der Waals surface area contributed by atoms with Gasteiger partial charge in [-0.25, -0.2) is 27.5 Å². The fourth-order valence-electron chi connectivity index (χ4n) is 10.2. The number of nitrogens with one attached hydrogen (secondary N) is 4. The molecule has 70 heavy (non-hydrogen) atoms. The van der Waals surface area contributed by atoms with Crippen LogP contribution in [0.15, 0.2) is 73.1 Å². The highest BCUT2D eigenvalue weighted by atomic mass is 19.1. The third kappa shape index (κ3) is 12.3. The normalized spacial score (nSPS) is 21.2. The highest BCUT2D eigenvalue weighted by molar-refractivity contribution is 5.84. The summed E-state index contributed by atoms with van der Waals surface area (Å²) in [5, 5.41) is 36.3. The van der Waals surface area contributed by atoms with Crippen LogP contribution in [0.2, 0.25) is 0 Å². The number of aliphatic hydroxyl groups excluding tert-OH is 2. The molecule has 4 aliphatic rings. The molecule has 2 aromatic carbocycles. The second-order valence-corrected chi connectivity index (χ2v) is 20.9. The van der Waals surface area contributed by atoms with Crippen LogP contribution in [-0.2, 0) is 22.4 Å². The maximum atomic E-state index is 15.2. The van der Waals surface area contributed by atoms with Gasteiger partial charge in [0.25, 0.3) is 0 Å². The zero-order valence-corrected chi connectivity index (χ0v) is 40.5. The largest absolute Gasteiger partial charge is 0.471 e. The van der Waals surface area contributed by atoms with Gasteiger partial charge in [-0.3, -0.25) is 9.59 Å². The highest BCUT2D eigenvalue weighted by Crippen LogP contribution is 2.50. The SMILES string of the molecule is CC(C)[C@H](F)c1cnc2c(c1)[C@@H](NC[C@H](O)[C@H](Cc1ccc(F)cc1)NC(=O)CCC(=O)N[C@@H](Cc1ccc(F)cc1)[C@@H](O)CN[C@H]1CC3(CCC3)Oc3ncc([C@H](F)C(C)C)cc31)CC1(CCC1)O2. The molecule has 8 rings (SSSR count). The number of alkyl halides is 2. The van der Waals surface area contributed by atoms with Crippen LogP contribution in [0.25, 0.3) is 0 Å². The summed E-state index contributed by atoms with van der Waals surface area (Å²) in [4.78, 5) is 36.4. The van der Waals surface area contributed by atoms with Crippen molar-refractivity contribution in [1.29, 1.82) is 0 Å². The lowest BCUT2D eigenvalue weighted by atomic mass is 9.73. The molecule has 2 aromatic heterocycles. The van der Waals surface area contributed by atoms with Gasteiger partial charge in [0.2, 0.25) is 23.6 Å². The van der Waals surface area contributed by atoms with Crippen molar-refractivity contribution >= 4 is 11.8 Å². The van der Waals surface area contributed by atoms with Gasteiger partial charge in [-0.05, 0) is 111 Å². The number of benzene rings is 2. The van der Waals surface area contributed by atoms with Crippen LogP contribution in [0.5, 0.6) is 11.8 Å². The van der Waals surface area contributed by atoms with E-state index >= 15 is 8.78 Å². The number of nitrogens with zero attached hydrogens (tertiary/aromatic N) is 2. The molecule has 0 unspecified atom stereocenters. The Hall–Kier alpha value is -5.16. The van der Waals surface area contributed by atoms with E-state index in [1.807, 2.05) is 0 Å². The smallest absolute Gasteiger partial charge is 0.220 e. The van der Waals surface area contributed by atoms with Crippen molar-refractivity contribution in [3.63, 3.8) is 0 Å². The molecule has 16 heteroatoms. The number of carbonyl (C=O) groups excluding carboxylic acids is 2. The fraction of sp³-hybridized carbons (Fsp3) is 0.556. The van der Waals surface area contributed by atoms with Crippen LogP contribution in [-0.4, -0.2) is 80.6 Å². The first kappa shape index (κ1) is 51.2. The van der Waals surface area contributed by atoms with Gasteiger partial charge in [-0.15, -0.1) is 0 Å². The first-order valence-corrected chi connectivity index (χ1v) is 25.0. The standard InChI is InChI=1S/C54H68F4N6O6/c1-31(2)49(57)35-23-39-43(25-53(17-5-18-53)69-51(39)61-27-35)59-29-45(65)41(21-33-7-11-37(55)12-8-33)63-47(67)15-16-48(68)64-42(22-34-9-13-38(56)14-10-34)46(66)30-60-44-26-54(19-6-20-54)70-52-40(44)24-36(28-62-52)50(58)32(3)4/h7-14,23-24,27-28,31-32,41-46,49-50,59-60,65-66H,5-6,15-22,25-26,29-30H2,1-4H3,(H,63,67)(H,64,68)/t41-,42-,43-,44-,45-,46-,49-,50+/m0/s1. The Kier molecular flexibility index (Phi) is 16.2. The Morgan fingerprint density at radius 1 is 0.643 bits per heavy atom. The van der Waals surface area contributed by atoms with Crippen LogP contribution in [0, 0.1) is 23.5 Å². The Labute approximate surface area is 408 Å². The molecular weight excluding hydrogens is 905 g/mol. The average molecular weight is 973 g/mol. The summed E-state index contributed by atoms with van der Waals surface area (Å²) in [5.41, 5.74) is 2.83. The zero-order chi connectivity index (χ0) is 49.7. The number of hydrogen-bond donors (Lipinski definition) is 6. The number of fused-ring (bicyclic) bond motifs is 2. The Bertz CT molecular complexity index is 2250. The third-order valence-electron chi connectivity index (χ3n) is 14.8. The summed E-state index contributed by atoms with van der Waals surface area (Å²) in [6.07, 6.45) is 4.70. The molecule has 2 amide bonds. The van der Waals surface area contributed by atoms with Crippen molar-refractivity contribution in [3.05, 3.63) is 118 Å². The molecule has 6 N–H and O–H groups in total. The number of carbonyl (C=O) groups is 2. The van der Waals surface area contributed by atoms with E-state index in [9.17, 15) is 28.6 Å². The lowest BCUT2D eigenvalue weighted by Gasteiger charge is -2.47. The van der Waals surface area contributed by atoms with E-state index in [1.165, 1.54) is 36.7 Å². The molecule has 0 saturated heterocycles. The molecule has 2 aliphatic carbocycles. The van der Waals surface area contributed by atoms with Crippen LogP contribution in [0.1, 0.15) is 150 Å². The highest BCUT2D eigenvalue weighted by Gasteiger charge is 2.48. The molecule has 8 atom stereocenters. The van der Waals surface area contributed by atoms with Crippen LogP contribution >= 0.6 is 0 Å². The number of aromatic nitrogens is 2. The van der Waals surface area contributed by atoms with E-state index in [2.05, 4.69) is 31.2 Å². The van der Waals surface area contributed by atoms with E-state index < -0.39 is 71.3 Å². The topological polar surface area (TPSA) is 167 Å². The van der Waals surface area contributed by atoms with Crippen molar-refractivity contribution in [2.24, 2.45) is 11.8 Å². The number of halogens is 4. The molecular formula is C54H68F4N6O6. The zero-order valence-electron chi connectivity index (χ0n) is 40.5. The molecule has 2 fully saturated rings. The van der Waals surface area contributed by atoms with Crippen molar-refractivity contribution in [1.82, 2.24) is 31.2 Å². The first-order chi connectivity index (χ1) is 33.5. The summed E-state index contributed by atoms with van der Waals surface area (Å²) in [6.45, 7) is 7.28.